The zero-order valence-corrected chi connectivity index (χ0v) is 14.6. The van der Waals surface area contributed by atoms with Crippen molar-refractivity contribution in [3.8, 4) is 0 Å². The molecule has 0 spiro atoms. The predicted molar refractivity (Wildman–Crippen MR) is 92.4 cm³/mol. The molecule has 1 aromatic carbocycles. The molecular weight excluding hydrogens is 324 g/mol. The number of methoxy groups -OCH3 is 1. The molecule has 25 heavy (non-hydrogen) atoms. The predicted octanol–water partition coefficient (Wildman–Crippen LogP) is 3.07. The highest BCUT2D eigenvalue weighted by Crippen LogP contribution is 2.33. The monoisotopic (exact) mass is 344 g/mol. The molecule has 0 saturated carbocycles. The van der Waals surface area contributed by atoms with Crippen molar-refractivity contribution in [3.63, 3.8) is 0 Å². The first-order valence-corrected chi connectivity index (χ1v) is 7.91. The zero-order chi connectivity index (χ0) is 18.7. The van der Waals surface area contributed by atoms with Crippen LogP contribution < -0.4 is 0 Å². The molecule has 0 fully saturated rings. The summed E-state index contributed by atoms with van der Waals surface area (Å²) in [5.41, 5.74) is 1.57. The van der Waals surface area contributed by atoms with E-state index >= 15 is 0 Å². The quantitative estimate of drug-likeness (QED) is 0.354. The zero-order valence-electron chi connectivity index (χ0n) is 14.6. The third-order valence-electron chi connectivity index (χ3n) is 4.28. The second-order valence-corrected chi connectivity index (χ2v) is 5.79. The highest BCUT2D eigenvalue weighted by molar-refractivity contribution is 6.16. The van der Waals surface area contributed by atoms with Gasteiger partial charge < -0.3 is 9.64 Å². The molecule has 0 bridgehead atoms. The van der Waals surface area contributed by atoms with E-state index in [0.29, 0.717) is 11.3 Å². The highest BCUT2D eigenvalue weighted by atomic mass is 16.6. The standard InChI is InChI=1S/C18H20N2O5/c1-5-11(2)19-12(3)16(18(22)25-4)15(17(19)21)10-13-6-8-14(9-7-13)20(23)24/h6-11H,5H2,1-4H3/b15-10-. The number of hydrogen-bond acceptors (Lipinski definition) is 5. The lowest BCUT2D eigenvalue weighted by Crippen LogP contribution is -2.33. The molecule has 1 amide bonds. The largest absolute Gasteiger partial charge is 0.465 e. The van der Waals surface area contributed by atoms with Crippen LogP contribution in [0.5, 0.6) is 0 Å². The lowest BCUT2D eigenvalue weighted by molar-refractivity contribution is -0.384. The van der Waals surface area contributed by atoms with Crippen LogP contribution in [-0.4, -0.2) is 34.9 Å². The van der Waals surface area contributed by atoms with Crippen molar-refractivity contribution in [2.24, 2.45) is 0 Å². The molecule has 0 aliphatic carbocycles. The van der Waals surface area contributed by atoms with Crippen molar-refractivity contribution >= 4 is 23.6 Å². The fourth-order valence-corrected chi connectivity index (χ4v) is 2.77. The number of allylic oxidation sites excluding steroid dienone is 1. The van der Waals surface area contributed by atoms with Gasteiger partial charge in [-0.05, 0) is 44.0 Å². The minimum atomic E-state index is -0.579. The van der Waals surface area contributed by atoms with Crippen LogP contribution in [0.3, 0.4) is 0 Å². The number of benzene rings is 1. The van der Waals surface area contributed by atoms with Crippen molar-refractivity contribution in [1.82, 2.24) is 4.90 Å². The van der Waals surface area contributed by atoms with Gasteiger partial charge in [0.15, 0.2) is 0 Å². The second kappa shape index (κ2) is 7.29. The normalized spacial score (nSPS) is 17.2. The lowest BCUT2D eigenvalue weighted by Gasteiger charge is -2.24. The average Bonchev–Trinajstić information content (AvgIpc) is 2.84. The van der Waals surface area contributed by atoms with Gasteiger partial charge >= 0.3 is 5.97 Å². The smallest absolute Gasteiger partial charge is 0.340 e. The van der Waals surface area contributed by atoms with Crippen LogP contribution in [0.2, 0.25) is 0 Å². The van der Waals surface area contributed by atoms with Crippen molar-refractivity contribution in [3.05, 3.63) is 56.8 Å². The molecule has 1 aliphatic rings. The second-order valence-electron chi connectivity index (χ2n) is 5.79. The van der Waals surface area contributed by atoms with E-state index in [4.69, 9.17) is 4.74 Å². The Hall–Kier alpha value is -2.96. The lowest BCUT2D eigenvalue weighted by atomic mass is 10.0. The topological polar surface area (TPSA) is 89.8 Å². The maximum Gasteiger partial charge on any atom is 0.340 e. The Balaban J connectivity index is 2.51. The summed E-state index contributed by atoms with van der Waals surface area (Å²) in [5, 5.41) is 10.7. The molecule has 2 rings (SSSR count). The summed E-state index contributed by atoms with van der Waals surface area (Å²) >= 11 is 0. The van der Waals surface area contributed by atoms with E-state index in [-0.39, 0.29) is 28.8 Å². The Morgan fingerprint density at radius 2 is 1.96 bits per heavy atom. The Morgan fingerprint density at radius 1 is 1.36 bits per heavy atom. The molecule has 0 aromatic heterocycles. The highest BCUT2D eigenvalue weighted by Gasteiger charge is 2.38. The number of nitro benzene ring substituents is 1. The molecule has 1 aromatic rings. The van der Waals surface area contributed by atoms with E-state index in [0.717, 1.165) is 6.42 Å². The van der Waals surface area contributed by atoms with E-state index in [2.05, 4.69) is 0 Å². The molecule has 132 valence electrons. The van der Waals surface area contributed by atoms with Crippen LogP contribution in [0.15, 0.2) is 41.1 Å². The Morgan fingerprint density at radius 3 is 2.44 bits per heavy atom. The van der Waals surface area contributed by atoms with Crippen molar-refractivity contribution in [2.45, 2.75) is 33.2 Å². The molecule has 7 heteroatoms. The maximum absolute atomic E-state index is 12.8. The number of nitro groups is 1. The van der Waals surface area contributed by atoms with E-state index in [1.807, 2.05) is 13.8 Å². The number of amides is 1. The average molecular weight is 344 g/mol. The number of non-ortho nitro benzene ring substituents is 1. The van der Waals surface area contributed by atoms with Crippen LogP contribution in [0, 0.1) is 10.1 Å². The van der Waals surface area contributed by atoms with E-state index < -0.39 is 10.9 Å². The number of carbonyl (C=O) groups excluding carboxylic acids is 2. The number of hydrogen-bond donors (Lipinski definition) is 0. The van der Waals surface area contributed by atoms with Crippen LogP contribution in [0.1, 0.15) is 32.8 Å². The first-order chi connectivity index (χ1) is 11.8. The van der Waals surface area contributed by atoms with E-state index in [1.165, 1.54) is 31.4 Å². The molecular formula is C18H20N2O5. The number of nitrogens with zero attached hydrogens (tertiary/aromatic N) is 2. The molecule has 1 heterocycles. The van der Waals surface area contributed by atoms with Gasteiger partial charge in [-0.1, -0.05) is 6.92 Å². The Kier molecular flexibility index (Phi) is 5.36. The third-order valence-corrected chi connectivity index (χ3v) is 4.28. The van der Waals surface area contributed by atoms with Crippen LogP contribution in [0.4, 0.5) is 5.69 Å². The molecule has 0 radical (unpaired) electrons. The summed E-state index contributed by atoms with van der Waals surface area (Å²) in [7, 11) is 1.27. The fourth-order valence-electron chi connectivity index (χ4n) is 2.77. The summed E-state index contributed by atoms with van der Waals surface area (Å²) in [5.74, 6) is -0.851. The number of ether oxygens (including phenoxy) is 1. The van der Waals surface area contributed by atoms with Gasteiger partial charge in [0.25, 0.3) is 11.6 Å². The first kappa shape index (κ1) is 18.4. The number of carbonyl (C=O) groups is 2. The van der Waals surface area contributed by atoms with Gasteiger partial charge in [0.2, 0.25) is 0 Å². The van der Waals surface area contributed by atoms with Gasteiger partial charge in [-0.15, -0.1) is 0 Å². The minimum absolute atomic E-state index is 0.0407. The summed E-state index contributed by atoms with van der Waals surface area (Å²) in [6, 6.07) is 5.72. The van der Waals surface area contributed by atoms with Crippen LogP contribution in [-0.2, 0) is 14.3 Å². The minimum Gasteiger partial charge on any atom is -0.465 e. The maximum atomic E-state index is 12.8. The van der Waals surface area contributed by atoms with Gasteiger partial charge in [-0.2, -0.15) is 0 Å². The molecule has 1 unspecified atom stereocenters. The Bertz CT molecular complexity index is 777. The Labute approximate surface area is 145 Å². The fraction of sp³-hybridized carbons (Fsp3) is 0.333. The summed E-state index contributed by atoms with van der Waals surface area (Å²) in [6.07, 6.45) is 2.30. The van der Waals surface area contributed by atoms with Gasteiger partial charge in [-0.3, -0.25) is 14.9 Å². The van der Waals surface area contributed by atoms with Gasteiger partial charge in [-0.25, -0.2) is 4.79 Å². The molecule has 7 nitrogen and oxygen atoms in total. The van der Waals surface area contributed by atoms with Crippen LogP contribution in [0.25, 0.3) is 6.08 Å². The number of rotatable bonds is 5. The van der Waals surface area contributed by atoms with E-state index in [1.54, 1.807) is 17.9 Å². The SMILES string of the molecule is CCC(C)N1C(=O)/C(=C\c2ccc([N+](=O)[O-])cc2)C(C(=O)OC)=C1C. The van der Waals surface area contributed by atoms with Crippen LogP contribution >= 0.6 is 0 Å². The van der Waals surface area contributed by atoms with E-state index in [9.17, 15) is 19.7 Å². The molecule has 1 aliphatic heterocycles. The summed E-state index contributed by atoms with van der Waals surface area (Å²) in [4.78, 5) is 36.8. The molecule has 0 N–H and O–H groups in total. The van der Waals surface area contributed by atoms with Crippen molar-refractivity contribution in [1.29, 1.82) is 0 Å². The van der Waals surface area contributed by atoms with Crippen molar-refractivity contribution < 1.29 is 19.2 Å². The van der Waals surface area contributed by atoms with Gasteiger partial charge in [0.05, 0.1) is 23.2 Å². The van der Waals surface area contributed by atoms with Crippen molar-refractivity contribution in [2.75, 3.05) is 7.11 Å². The first-order valence-electron chi connectivity index (χ1n) is 7.91. The summed E-state index contributed by atoms with van der Waals surface area (Å²) in [6.45, 7) is 5.58. The molecule has 0 saturated heterocycles. The number of esters is 1. The van der Waals surface area contributed by atoms with Gasteiger partial charge in [0.1, 0.15) is 0 Å². The molecule has 1 atom stereocenters. The summed E-state index contributed by atoms with van der Waals surface area (Å²) < 4.78 is 4.83. The van der Waals surface area contributed by atoms with Gasteiger partial charge in [0, 0.05) is 23.9 Å². The third kappa shape index (κ3) is 3.45.